The Morgan fingerprint density at radius 3 is 3.00 bits per heavy atom. The minimum atomic E-state index is -0.193. The fourth-order valence-corrected chi connectivity index (χ4v) is 2.05. The summed E-state index contributed by atoms with van der Waals surface area (Å²) in [5.41, 5.74) is 1.36. The molecule has 0 saturated heterocycles. The topological polar surface area (TPSA) is 59.4 Å². The number of methoxy groups -OCH3 is 1. The van der Waals surface area contributed by atoms with Gasteiger partial charge < -0.3 is 4.74 Å². The summed E-state index contributed by atoms with van der Waals surface area (Å²) < 4.78 is 6.92. The van der Waals surface area contributed by atoms with Crippen LogP contribution in [0.25, 0.3) is 16.4 Å². The highest BCUT2D eigenvalue weighted by molar-refractivity contribution is 5.86. The quantitative estimate of drug-likeness (QED) is 0.721. The van der Waals surface area contributed by atoms with Crippen LogP contribution in [0.1, 0.15) is 5.82 Å². The van der Waals surface area contributed by atoms with Crippen LogP contribution >= 0.6 is 0 Å². The molecule has 0 aliphatic carbocycles. The summed E-state index contributed by atoms with van der Waals surface area (Å²) in [5.74, 6) is 0.684. The van der Waals surface area contributed by atoms with Gasteiger partial charge >= 0.3 is 0 Å². The zero-order chi connectivity index (χ0) is 11.8. The Balaban J connectivity index is 2.51. The van der Waals surface area contributed by atoms with Crippen molar-refractivity contribution in [3.8, 4) is 0 Å². The molecule has 0 radical (unpaired) electrons. The van der Waals surface area contributed by atoms with Gasteiger partial charge in [-0.2, -0.15) is 5.10 Å². The van der Waals surface area contributed by atoms with Gasteiger partial charge in [0.2, 0.25) is 0 Å². The second kappa shape index (κ2) is 3.71. The molecule has 17 heavy (non-hydrogen) atoms. The molecule has 0 spiro atoms. The number of rotatable bonds is 2. The maximum atomic E-state index is 11.7. The molecule has 0 amide bonds. The Morgan fingerprint density at radius 1 is 1.35 bits per heavy atom. The van der Waals surface area contributed by atoms with Gasteiger partial charge in [0, 0.05) is 12.5 Å². The number of H-pyrrole nitrogens is 1. The molecule has 0 aliphatic rings. The molecule has 5 heteroatoms. The lowest BCUT2D eigenvalue weighted by molar-refractivity contribution is 0.176. The van der Waals surface area contributed by atoms with Crippen LogP contribution in [-0.4, -0.2) is 21.7 Å². The Labute approximate surface area is 96.6 Å². The van der Waals surface area contributed by atoms with E-state index < -0.39 is 0 Å². The van der Waals surface area contributed by atoms with Crippen molar-refractivity contribution >= 4 is 16.4 Å². The fraction of sp³-hybridized carbons (Fsp3) is 0.167. The molecule has 0 saturated carbocycles. The first-order valence-corrected chi connectivity index (χ1v) is 5.28. The van der Waals surface area contributed by atoms with Gasteiger partial charge in [-0.25, -0.2) is 5.10 Å². The molecule has 1 N–H and O–H groups in total. The molecule has 3 rings (SSSR count). The molecule has 0 aliphatic heterocycles. The van der Waals surface area contributed by atoms with Crippen molar-refractivity contribution in [3.05, 3.63) is 46.5 Å². The predicted molar refractivity (Wildman–Crippen MR) is 64.0 cm³/mol. The van der Waals surface area contributed by atoms with E-state index in [2.05, 4.69) is 10.2 Å². The molecule has 2 aromatic heterocycles. The Bertz CT molecular complexity index is 742. The molecule has 0 unspecified atom stereocenters. The minimum absolute atomic E-state index is 0.193. The van der Waals surface area contributed by atoms with Gasteiger partial charge in [0.1, 0.15) is 12.1 Å². The van der Waals surface area contributed by atoms with Gasteiger partial charge in [-0.3, -0.25) is 9.20 Å². The van der Waals surface area contributed by atoms with E-state index in [1.807, 2.05) is 34.7 Å². The summed E-state index contributed by atoms with van der Waals surface area (Å²) in [6.07, 6.45) is 0. The summed E-state index contributed by atoms with van der Waals surface area (Å²) in [6, 6.07) is 9.67. The van der Waals surface area contributed by atoms with E-state index in [-0.39, 0.29) is 5.56 Å². The van der Waals surface area contributed by atoms with Crippen molar-refractivity contribution in [2.24, 2.45) is 0 Å². The normalized spacial score (nSPS) is 11.4. The molecular formula is C12H11N3O2. The van der Waals surface area contributed by atoms with Gasteiger partial charge in [0.25, 0.3) is 5.56 Å². The Hall–Kier alpha value is -2.14. The van der Waals surface area contributed by atoms with Gasteiger partial charge in [0.15, 0.2) is 5.82 Å². The number of benzene rings is 1. The highest BCUT2D eigenvalue weighted by Gasteiger charge is 2.10. The molecule has 5 nitrogen and oxygen atoms in total. The van der Waals surface area contributed by atoms with E-state index >= 15 is 0 Å². The first-order valence-electron chi connectivity index (χ1n) is 5.28. The largest absolute Gasteiger partial charge is 0.377 e. The number of hydrogen-bond donors (Lipinski definition) is 1. The zero-order valence-corrected chi connectivity index (χ0v) is 9.30. The van der Waals surface area contributed by atoms with Crippen molar-refractivity contribution in [1.29, 1.82) is 0 Å². The highest BCUT2D eigenvalue weighted by Crippen LogP contribution is 2.18. The van der Waals surface area contributed by atoms with Gasteiger partial charge in [-0.15, -0.1) is 0 Å². The van der Waals surface area contributed by atoms with Crippen molar-refractivity contribution in [2.75, 3.05) is 7.11 Å². The average Bonchev–Trinajstić information content (AvgIpc) is 2.73. The minimum Gasteiger partial charge on any atom is -0.377 e. The van der Waals surface area contributed by atoms with Crippen LogP contribution in [0, 0.1) is 0 Å². The van der Waals surface area contributed by atoms with Crippen LogP contribution in [0.4, 0.5) is 0 Å². The van der Waals surface area contributed by atoms with E-state index in [0.29, 0.717) is 17.9 Å². The van der Waals surface area contributed by atoms with Crippen molar-refractivity contribution in [2.45, 2.75) is 6.61 Å². The maximum absolute atomic E-state index is 11.7. The molecule has 1 aromatic carbocycles. The van der Waals surface area contributed by atoms with Crippen LogP contribution in [0.5, 0.6) is 0 Å². The number of aromatic amines is 1. The molecule has 3 aromatic rings. The molecule has 0 bridgehead atoms. The number of aromatic nitrogens is 3. The van der Waals surface area contributed by atoms with Crippen molar-refractivity contribution in [1.82, 2.24) is 14.6 Å². The Kier molecular flexibility index (Phi) is 2.19. The number of ether oxygens (including phenoxy) is 1. The standard InChI is InChI=1S/C12H11N3O2/c1-17-7-11-13-14-12(16)10-6-8-4-2-3-5-9(8)15(10)11/h2-6H,7H2,1H3,(H,14,16). The number of para-hydroxylation sites is 1. The van der Waals surface area contributed by atoms with E-state index in [1.165, 1.54) is 0 Å². The van der Waals surface area contributed by atoms with Crippen LogP contribution in [-0.2, 0) is 11.3 Å². The lowest BCUT2D eigenvalue weighted by Gasteiger charge is -2.03. The summed E-state index contributed by atoms with van der Waals surface area (Å²) in [7, 11) is 1.60. The summed E-state index contributed by atoms with van der Waals surface area (Å²) in [6.45, 7) is 0.353. The Morgan fingerprint density at radius 2 is 2.18 bits per heavy atom. The third-order valence-electron chi connectivity index (χ3n) is 2.76. The third kappa shape index (κ3) is 1.43. The maximum Gasteiger partial charge on any atom is 0.288 e. The highest BCUT2D eigenvalue weighted by atomic mass is 16.5. The first-order chi connectivity index (χ1) is 8.31. The van der Waals surface area contributed by atoms with Gasteiger partial charge in [-0.1, -0.05) is 18.2 Å². The first kappa shape index (κ1) is 10.0. The smallest absolute Gasteiger partial charge is 0.288 e. The molecule has 0 atom stereocenters. The number of fused-ring (bicyclic) bond motifs is 3. The molecule has 0 fully saturated rings. The monoisotopic (exact) mass is 229 g/mol. The van der Waals surface area contributed by atoms with E-state index in [1.54, 1.807) is 7.11 Å². The summed E-state index contributed by atoms with van der Waals surface area (Å²) in [4.78, 5) is 11.7. The van der Waals surface area contributed by atoms with Crippen LogP contribution in [0.2, 0.25) is 0 Å². The van der Waals surface area contributed by atoms with E-state index in [4.69, 9.17) is 4.74 Å². The lowest BCUT2D eigenvalue weighted by Crippen LogP contribution is -2.15. The SMILES string of the molecule is COCc1n[nH]c(=O)c2cc3ccccc3n12. The predicted octanol–water partition coefficient (Wildman–Crippen LogP) is 1.32. The average molecular weight is 229 g/mol. The second-order valence-electron chi connectivity index (χ2n) is 3.83. The number of nitrogens with one attached hydrogen (secondary N) is 1. The van der Waals surface area contributed by atoms with E-state index in [9.17, 15) is 4.79 Å². The van der Waals surface area contributed by atoms with Crippen LogP contribution in [0.3, 0.4) is 0 Å². The van der Waals surface area contributed by atoms with E-state index in [0.717, 1.165) is 10.9 Å². The zero-order valence-electron chi connectivity index (χ0n) is 9.30. The van der Waals surface area contributed by atoms with Crippen molar-refractivity contribution < 1.29 is 4.74 Å². The summed E-state index contributed by atoms with van der Waals surface area (Å²) in [5, 5.41) is 7.52. The summed E-state index contributed by atoms with van der Waals surface area (Å²) >= 11 is 0. The van der Waals surface area contributed by atoms with Gasteiger partial charge in [-0.05, 0) is 12.1 Å². The molecular weight excluding hydrogens is 218 g/mol. The van der Waals surface area contributed by atoms with Crippen molar-refractivity contribution in [3.63, 3.8) is 0 Å². The lowest BCUT2D eigenvalue weighted by atomic mass is 10.2. The van der Waals surface area contributed by atoms with Gasteiger partial charge in [0.05, 0.1) is 5.52 Å². The number of nitrogens with zero attached hydrogens (tertiary/aromatic N) is 2. The third-order valence-corrected chi connectivity index (χ3v) is 2.76. The molecule has 86 valence electrons. The van der Waals surface area contributed by atoms with Crippen LogP contribution in [0.15, 0.2) is 35.1 Å². The number of hydrogen-bond acceptors (Lipinski definition) is 3. The molecule has 2 heterocycles. The fourth-order valence-electron chi connectivity index (χ4n) is 2.05. The van der Waals surface area contributed by atoms with Crippen LogP contribution < -0.4 is 5.56 Å². The second-order valence-corrected chi connectivity index (χ2v) is 3.83.